The van der Waals surface area contributed by atoms with Crippen molar-refractivity contribution < 1.29 is 19.2 Å². The first-order chi connectivity index (χ1) is 10.5. The van der Waals surface area contributed by atoms with Gasteiger partial charge in [0, 0.05) is 10.6 Å². The van der Waals surface area contributed by atoms with Gasteiger partial charge in [0.2, 0.25) is 17.6 Å². The number of halogens is 1. The molecule has 1 aromatic carbocycles. The lowest BCUT2D eigenvalue weighted by atomic mass is 10.2. The molecule has 1 amide bonds. The molecular weight excluding hydrogens is 310 g/mol. The van der Waals surface area contributed by atoms with E-state index in [1.165, 1.54) is 0 Å². The number of amides is 1. The third-order valence-corrected chi connectivity index (χ3v) is 3.64. The number of nitrogens with zero attached hydrogens (tertiary/aromatic N) is 2. The van der Waals surface area contributed by atoms with E-state index in [1.54, 1.807) is 24.3 Å². The molecule has 1 saturated carbocycles. The van der Waals surface area contributed by atoms with Crippen molar-refractivity contribution in [2.45, 2.75) is 13.0 Å². The number of nitrogens with one attached hydrogen (secondary N) is 1. The zero-order chi connectivity index (χ0) is 15.7. The molecule has 1 heterocycles. The van der Waals surface area contributed by atoms with Crippen LogP contribution in [0.25, 0.3) is 11.4 Å². The van der Waals surface area contributed by atoms with Crippen molar-refractivity contribution in [3.63, 3.8) is 0 Å². The molecule has 0 aliphatic heterocycles. The van der Waals surface area contributed by atoms with Crippen LogP contribution in [0, 0.1) is 11.8 Å². The van der Waals surface area contributed by atoms with E-state index in [1.807, 2.05) is 0 Å². The molecule has 1 fully saturated rings. The Labute approximate surface area is 130 Å². The van der Waals surface area contributed by atoms with Gasteiger partial charge in [0.25, 0.3) is 0 Å². The first-order valence-electron chi connectivity index (χ1n) is 6.63. The second-order valence-electron chi connectivity index (χ2n) is 5.03. The highest BCUT2D eigenvalue weighted by molar-refractivity contribution is 6.30. The van der Waals surface area contributed by atoms with Crippen LogP contribution >= 0.6 is 11.6 Å². The van der Waals surface area contributed by atoms with Gasteiger partial charge in [-0.05, 0) is 18.6 Å². The highest BCUT2D eigenvalue weighted by Gasteiger charge is 2.48. The van der Waals surface area contributed by atoms with Gasteiger partial charge in [-0.3, -0.25) is 9.59 Å². The molecule has 0 spiro atoms. The molecular formula is C14H12ClN3O4. The van der Waals surface area contributed by atoms with E-state index in [9.17, 15) is 9.59 Å². The summed E-state index contributed by atoms with van der Waals surface area (Å²) in [6.07, 6.45) is 0.374. The highest BCUT2D eigenvalue weighted by atomic mass is 35.5. The van der Waals surface area contributed by atoms with Crippen molar-refractivity contribution >= 4 is 23.5 Å². The molecule has 1 aliphatic rings. The van der Waals surface area contributed by atoms with Gasteiger partial charge in [0.05, 0.1) is 18.4 Å². The lowest BCUT2D eigenvalue weighted by Gasteiger charge is -1.99. The maximum absolute atomic E-state index is 11.7. The van der Waals surface area contributed by atoms with E-state index in [4.69, 9.17) is 21.2 Å². The van der Waals surface area contributed by atoms with Gasteiger partial charge in [-0.15, -0.1) is 0 Å². The van der Waals surface area contributed by atoms with Crippen molar-refractivity contribution in [2.75, 3.05) is 0 Å². The minimum atomic E-state index is -0.943. The maximum atomic E-state index is 11.7. The predicted octanol–water partition coefficient (Wildman–Crippen LogP) is 1.73. The molecule has 1 aromatic heterocycles. The van der Waals surface area contributed by atoms with Crippen LogP contribution in [0.1, 0.15) is 12.3 Å². The largest absolute Gasteiger partial charge is 0.481 e. The number of benzene rings is 1. The normalized spacial score (nSPS) is 19.7. The van der Waals surface area contributed by atoms with Crippen LogP contribution < -0.4 is 5.32 Å². The Balaban J connectivity index is 1.59. The number of carboxylic acids is 1. The van der Waals surface area contributed by atoms with E-state index in [-0.39, 0.29) is 18.3 Å². The van der Waals surface area contributed by atoms with Crippen LogP contribution in [0.3, 0.4) is 0 Å². The summed E-state index contributed by atoms with van der Waals surface area (Å²) in [5.74, 6) is -1.67. The number of carbonyl (C=O) groups is 2. The molecule has 2 atom stereocenters. The number of aliphatic carboxylic acids is 1. The predicted molar refractivity (Wildman–Crippen MR) is 75.8 cm³/mol. The molecule has 0 bridgehead atoms. The quantitative estimate of drug-likeness (QED) is 0.868. The molecule has 22 heavy (non-hydrogen) atoms. The molecule has 114 valence electrons. The van der Waals surface area contributed by atoms with Crippen LogP contribution in [0.4, 0.5) is 0 Å². The summed E-state index contributed by atoms with van der Waals surface area (Å²) in [6, 6.07) is 7.01. The molecule has 1 aliphatic carbocycles. The van der Waals surface area contributed by atoms with Gasteiger partial charge in [-0.25, -0.2) is 0 Å². The van der Waals surface area contributed by atoms with Crippen LogP contribution in [0.5, 0.6) is 0 Å². The fraction of sp³-hybridized carbons (Fsp3) is 0.286. The number of carbonyl (C=O) groups excluding carboxylic acids is 1. The zero-order valence-corrected chi connectivity index (χ0v) is 12.1. The molecule has 3 rings (SSSR count). The highest BCUT2D eigenvalue weighted by Crippen LogP contribution is 2.38. The third-order valence-electron chi connectivity index (χ3n) is 3.41. The Bertz CT molecular complexity index is 730. The lowest BCUT2D eigenvalue weighted by molar-refractivity contribution is -0.140. The molecule has 8 heteroatoms. The van der Waals surface area contributed by atoms with Crippen molar-refractivity contribution in [3.05, 3.63) is 35.2 Å². The van der Waals surface area contributed by atoms with Gasteiger partial charge in [0.1, 0.15) is 0 Å². The maximum Gasteiger partial charge on any atom is 0.307 e. The molecule has 0 saturated heterocycles. The minimum Gasteiger partial charge on any atom is -0.481 e. The van der Waals surface area contributed by atoms with Crippen molar-refractivity contribution in [2.24, 2.45) is 11.8 Å². The smallest absolute Gasteiger partial charge is 0.307 e. The summed E-state index contributed by atoms with van der Waals surface area (Å²) < 4.78 is 5.05. The summed E-state index contributed by atoms with van der Waals surface area (Å²) in [5.41, 5.74) is 0.710. The molecule has 0 unspecified atom stereocenters. The van der Waals surface area contributed by atoms with Gasteiger partial charge in [-0.2, -0.15) is 4.98 Å². The molecule has 0 radical (unpaired) electrons. The summed E-state index contributed by atoms with van der Waals surface area (Å²) in [7, 11) is 0. The van der Waals surface area contributed by atoms with E-state index in [2.05, 4.69) is 15.5 Å². The van der Waals surface area contributed by atoms with Gasteiger partial charge >= 0.3 is 5.97 Å². The fourth-order valence-corrected chi connectivity index (χ4v) is 2.31. The van der Waals surface area contributed by atoms with Gasteiger partial charge < -0.3 is 14.9 Å². The minimum absolute atomic E-state index is 0.0647. The Hall–Kier alpha value is -2.41. The summed E-state index contributed by atoms with van der Waals surface area (Å²) in [5, 5.41) is 15.8. The lowest BCUT2D eigenvalue weighted by Crippen LogP contribution is -2.26. The second kappa shape index (κ2) is 5.76. The first-order valence-corrected chi connectivity index (χ1v) is 7.01. The molecule has 7 nitrogen and oxygen atoms in total. The summed E-state index contributed by atoms with van der Waals surface area (Å²) >= 11 is 5.89. The first kappa shape index (κ1) is 14.5. The number of hydrogen-bond acceptors (Lipinski definition) is 5. The van der Waals surface area contributed by atoms with Crippen molar-refractivity contribution in [3.8, 4) is 11.4 Å². The van der Waals surface area contributed by atoms with E-state index < -0.39 is 17.8 Å². The van der Waals surface area contributed by atoms with Crippen molar-refractivity contribution in [1.29, 1.82) is 0 Å². The SMILES string of the molecule is O=C(O)[C@H]1C[C@@H]1C(=O)NCc1nc(-c2cccc(Cl)c2)no1. The third kappa shape index (κ3) is 3.09. The standard InChI is InChI=1S/C14H12ClN3O4/c15-8-3-1-2-7(4-8)12-17-11(22-18-12)6-16-13(19)9-5-10(9)14(20)21/h1-4,9-10H,5-6H2,(H,16,19)(H,20,21)/t9-,10-/m0/s1. The van der Waals surface area contributed by atoms with Gasteiger partial charge in [0.15, 0.2) is 0 Å². The van der Waals surface area contributed by atoms with E-state index in [0.717, 1.165) is 0 Å². The number of hydrogen-bond donors (Lipinski definition) is 2. The van der Waals surface area contributed by atoms with Crippen LogP contribution in [-0.2, 0) is 16.1 Å². The monoisotopic (exact) mass is 321 g/mol. The zero-order valence-electron chi connectivity index (χ0n) is 11.3. The number of rotatable bonds is 5. The van der Waals surface area contributed by atoms with Gasteiger partial charge in [-0.1, -0.05) is 28.9 Å². The van der Waals surface area contributed by atoms with Crippen LogP contribution in [0.15, 0.2) is 28.8 Å². The summed E-state index contributed by atoms with van der Waals surface area (Å²) in [6.45, 7) is 0.0647. The average Bonchev–Trinajstić information content (AvgIpc) is 3.16. The Morgan fingerprint density at radius 3 is 2.91 bits per heavy atom. The van der Waals surface area contributed by atoms with Crippen LogP contribution in [0.2, 0.25) is 5.02 Å². The number of carboxylic acid groups (broad SMARTS) is 1. The molecule has 2 N–H and O–H groups in total. The Kier molecular flexibility index (Phi) is 3.81. The van der Waals surface area contributed by atoms with E-state index >= 15 is 0 Å². The van der Waals surface area contributed by atoms with Crippen molar-refractivity contribution in [1.82, 2.24) is 15.5 Å². The van der Waals surface area contributed by atoms with Crippen LogP contribution in [-0.4, -0.2) is 27.1 Å². The fourth-order valence-electron chi connectivity index (χ4n) is 2.12. The average molecular weight is 322 g/mol. The Morgan fingerprint density at radius 1 is 1.41 bits per heavy atom. The number of aromatic nitrogens is 2. The molecule has 2 aromatic rings. The van der Waals surface area contributed by atoms with E-state index in [0.29, 0.717) is 22.8 Å². The summed E-state index contributed by atoms with van der Waals surface area (Å²) in [4.78, 5) is 26.6. The Morgan fingerprint density at radius 2 is 2.23 bits per heavy atom. The second-order valence-corrected chi connectivity index (χ2v) is 5.46. The topological polar surface area (TPSA) is 105 Å².